The van der Waals surface area contributed by atoms with Gasteiger partial charge in [0, 0.05) is 26.6 Å². The number of nitrogens with zero attached hydrogens (tertiary/aromatic N) is 2. The number of sulfonamides is 1. The lowest BCUT2D eigenvalue weighted by Gasteiger charge is -2.32. The minimum absolute atomic E-state index is 0.00590. The molecule has 1 unspecified atom stereocenters. The van der Waals surface area contributed by atoms with Crippen LogP contribution in [0.2, 0.25) is 0 Å². The van der Waals surface area contributed by atoms with Crippen LogP contribution in [-0.2, 0) is 32.6 Å². The van der Waals surface area contributed by atoms with Crippen molar-refractivity contribution in [3.63, 3.8) is 0 Å². The van der Waals surface area contributed by atoms with Crippen LogP contribution in [0.5, 0.6) is 0 Å². The Morgan fingerprint density at radius 2 is 1.69 bits per heavy atom. The number of carbonyl (C=O) groups is 2. The molecule has 0 aliphatic carbocycles. The second kappa shape index (κ2) is 11.7. The smallest absolute Gasteiger partial charge is 0.243 e. The van der Waals surface area contributed by atoms with Gasteiger partial charge in [0.15, 0.2) is 0 Å². The number of benzene rings is 2. The zero-order valence-electron chi connectivity index (χ0n) is 18.1. The van der Waals surface area contributed by atoms with E-state index in [1.54, 1.807) is 0 Å². The first-order valence-electron chi connectivity index (χ1n) is 9.99. The van der Waals surface area contributed by atoms with Crippen LogP contribution >= 0.6 is 0 Å². The number of halogens is 1. The zero-order chi connectivity index (χ0) is 23.7. The Bertz CT molecular complexity index is 1000. The molecule has 0 spiro atoms. The monoisotopic (exact) mass is 465 g/mol. The van der Waals surface area contributed by atoms with Gasteiger partial charge < -0.3 is 15.3 Å². The van der Waals surface area contributed by atoms with Gasteiger partial charge in [0.2, 0.25) is 21.8 Å². The molecule has 2 aromatic carbocycles. The van der Waals surface area contributed by atoms with Crippen LogP contribution < -0.4 is 5.32 Å². The minimum Gasteiger partial charge on any atom is -0.395 e. The molecule has 0 bridgehead atoms. The van der Waals surface area contributed by atoms with Crippen molar-refractivity contribution < 1.29 is 27.5 Å². The maximum absolute atomic E-state index is 13.4. The quantitative estimate of drug-likeness (QED) is 0.510. The van der Waals surface area contributed by atoms with E-state index in [-0.39, 0.29) is 26.1 Å². The van der Waals surface area contributed by atoms with Gasteiger partial charge in [0.05, 0.1) is 19.4 Å². The molecule has 8 nitrogen and oxygen atoms in total. The van der Waals surface area contributed by atoms with Crippen molar-refractivity contribution >= 4 is 21.8 Å². The Hall–Kier alpha value is -2.82. The van der Waals surface area contributed by atoms with Gasteiger partial charge in [-0.05, 0) is 23.3 Å². The predicted molar refractivity (Wildman–Crippen MR) is 118 cm³/mol. The van der Waals surface area contributed by atoms with Crippen LogP contribution in [-0.4, -0.2) is 73.6 Å². The highest BCUT2D eigenvalue weighted by Crippen LogP contribution is 2.16. The average molecular weight is 466 g/mol. The molecule has 0 heterocycles. The van der Waals surface area contributed by atoms with Crippen molar-refractivity contribution in [1.82, 2.24) is 14.5 Å². The van der Waals surface area contributed by atoms with E-state index in [2.05, 4.69) is 5.32 Å². The maximum atomic E-state index is 13.4. The van der Waals surface area contributed by atoms with Gasteiger partial charge in [0.1, 0.15) is 11.9 Å². The van der Waals surface area contributed by atoms with Crippen LogP contribution in [0.4, 0.5) is 4.39 Å². The fourth-order valence-electron chi connectivity index (χ4n) is 3.04. The van der Waals surface area contributed by atoms with Crippen LogP contribution in [0, 0.1) is 5.82 Å². The standard InChI is InChI=1S/C22H28FN3O5S/c1-25(32(2,30)31)16-21(28)26(15-18-8-10-19(23)11-9-18)20(22(29)24-12-13-27)14-17-6-4-3-5-7-17/h3-11,20,27H,12-16H2,1-2H3,(H,24,29). The van der Waals surface area contributed by atoms with E-state index >= 15 is 0 Å². The number of hydrogen-bond donors (Lipinski definition) is 2. The van der Waals surface area contributed by atoms with Gasteiger partial charge in [-0.3, -0.25) is 9.59 Å². The fraction of sp³-hybridized carbons (Fsp3) is 0.364. The van der Waals surface area contributed by atoms with Crippen molar-refractivity contribution in [2.24, 2.45) is 0 Å². The summed E-state index contributed by atoms with van der Waals surface area (Å²) in [4.78, 5) is 27.5. The second-order valence-corrected chi connectivity index (χ2v) is 9.48. The summed E-state index contributed by atoms with van der Waals surface area (Å²) in [5, 5.41) is 11.7. The molecule has 0 saturated heterocycles. The summed E-state index contributed by atoms with van der Waals surface area (Å²) >= 11 is 0. The summed E-state index contributed by atoms with van der Waals surface area (Å²) in [5.74, 6) is -1.51. The first-order valence-corrected chi connectivity index (χ1v) is 11.8. The fourth-order valence-corrected chi connectivity index (χ4v) is 3.38. The van der Waals surface area contributed by atoms with Crippen LogP contribution in [0.3, 0.4) is 0 Å². The molecular formula is C22H28FN3O5S. The van der Waals surface area contributed by atoms with Crippen molar-refractivity contribution in [3.8, 4) is 0 Å². The van der Waals surface area contributed by atoms with E-state index in [1.165, 1.54) is 36.2 Å². The highest BCUT2D eigenvalue weighted by molar-refractivity contribution is 7.88. The van der Waals surface area contributed by atoms with Crippen molar-refractivity contribution in [3.05, 3.63) is 71.5 Å². The van der Waals surface area contributed by atoms with Gasteiger partial charge in [-0.15, -0.1) is 0 Å². The summed E-state index contributed by atoms with van der Waals surface area (Å²) in [6.07, 6.45) is 1.16. The van der Waals surface area contributed by atoms with E-state index in [9.17, 15) is 22.4 Å². The summed E-state index contributed by atoms with van der Waals surface area (Å²) in [6.45, 7) is -0.752. The number of aliphatic hydroxyl groups is 1. The highest BCUT2D eigenvalue weighted by atomic mass is 32.2. The van der Waals surface area contributed by atoms with Crippen molar-refractivity contribution in [2.45, 2.75) is 19.0 Å². The first kappa shape index (κ1) is 25.4. The molecule has 174 valence electrons. The van der Waals surface area contributed by atoms with Crippen LogP contribution in [0.1, 0.15) is 11.1 Å². The Labute approximate surface area is 187 Å². The molecule has 2 amide bonds. The SMILES string of the molecule is CN(CC(=O)N(Cc1ccc(F)cc1)C(Cc1ccccc1)C(=O)NCCO)S(C)(=O)=O. The number of likely N-dealkylation sites (N-methyl/N-ethyl adjacent to an activating group) is 1. The lowest BCUT2D eigenvalue weighted by Crippen LogP contribution is -2.53. The largest absolute Gasteiger partial charge is 0.395 e. The molecule has 0 aliphatic rings. The third-order valence-electron chi connectivity index (χ3n) is 4.87. The van der Waals surface area contributed by atoms with E-state index in [4.69, 9.17) is 5.11 Å². The molecule has 0 fully saturated rings. The average Bonchev–Trinajstić information content (AvgIpc) is 2.75. The Morgan fingerprint density at radius 1 is 1.06 bits per heavy atom. The topological polar surface area (TPSA) is 107 Å². The third kappa shape index (κ3) is 7.70. The lowest BCUT2D eigenvalue weighted by molar-refractivity contribution is -0.141. The lowest BCUT2D eigenvalue weighted by atomic mass is 10.0. The molecule has 2 aromatic rings. The maximum Gasteiger partial charge on any atom is 0.243 e. The van der Waals surface area contributed by atoms with Crippen molar-refractivity contribution in [1.29, 1.82) is 0 Å². The summed E-state index contributed by atoms with van der Waals surface area (Å²) in [6, 6.07) is 13.6. The number of carbonyl (C=O) groups excluding carboxylic acids is 2. The van der Waals surface area contributed by atoms with E-state index < -0.39 is 40.2 Å². The van der Waals surface area contributed by atoms with Crippen molar-refractivity contribution in [2.75, 3.05) is 33.0 Å². The summed E-state index contributed by atoms with van der Waals surface area (Å²) in [7, 11) is -2.35. The molecule has 0 aromatic heterocycles. The molecule has 2 rings (SSSR count). The number of hydrogen-bond acceptors (Lipinski definition) is 5. The van der Waals surface area contributed by atoms with E-state index in [0.29, 0.717) is 5.56 Å². The number of aliphatic hydroxyl groups excluding tert-OH is 1. The first-order chi connectivity index (χ1) is 15.1. The Morgan fingerprint density at radius 3 is 2.25 bits per heavy atom. The number of amides is 2. The zero-order valence-corrected chi connectivity index (χ0v) is 18.9. The van der Waals surface area contributed by atoms with E-state index in [0.717, 1.165) is 16.1 Å². The van der Waals surface area contributed by atoms with Gasteiger partial charge >= 0.3 is 0 Å². The minimum atomic E-state index is -3.63. The molecule has 0 radical (unpaired) electrons. The second-order valence-electron chi connectivity index (χ2n) is 7.39. The van der Waals surface area contributed by atoms with Gasteiger partial charge in [-0.2, -0.15) is 4.31 Å². The summed E-state index contributed by atoms with van der Waals surface area (Å²) in [5.41, 5.74) is 1.37. The Kier molecular flexibility index (Phi) is 9.30. The van der Waals surface area contributed by atoms with Crippen LogP contribution in [0.15, 0.2) is 54.6 Å². The predicted octanol–water partition coefficient (Wildman–Crippen LogP) is 0.766. The molecule has 1 atom stereocenters. The molecule has 0 saturated carbocycles. The molecule has 32 heavy (non-hydrogen) atoms. The highest BCUT2D eigenvalue weighted by Gasteiger charge is 2.31. The van der Waals surface area contributed by atoms with E-state index in [1.807, 2.05) is 30.3 Å². The normalized spacial score (nSPS) is 12.4. The van der Waals surface area contributed by atoms with Gasteiger partial charge in [-0.25, -0.2) is 12.8 Å². The molecule has 2 N–H and O–H groups in total. The number of rotatable bonds is 11. The molecule has 0 aliphatic heterocycles. The third-order valence-corrected chi connectivity index (χ3v) is 6.13. The Balaban J connectivity index is 2.41. The van der Waals surface area contributed by atoms with Gasteiger partial charge in [0.25, 0.3) is 0 Å². The van der Waals surface area contributed by atoms with Crippen LogP contribution in [0.25, 0.3) is 0 Å². The van der Waals surface area contributed by atoms with Gasteiger partial charge in [-0.1, -0.05) is 42.5 Å². The molecular weight excluding hydrogens is 437 g/mol. The molecule has 10 heteroatoms. The number of nitrogens with one attached hydrogen (secondary N) is 1. The summed E-state index contributed by atoms with van der Waals surface area (Å²) < 4.78 is 37.9.